The van der Waals surface area contributed by atoms with Crippen LogP contribution in [0.3, 0.4) is 0 Å². The standard InChI is InChI=1S/C17H27N3O/c1-19(15-7-5-3-4-6-8-15)13-17(21)20(2)16-11-9-14(18)10-12-16/h9-12,15H,3-8,13,18H2,1-2H3. The van der Waals surface area contributed by atoms with Gasteiger partial charge in [-0.2, -0.15) is 0 Å². The fourth-order valence-electron chi connectivity index (χ4n) is 2.99. The van der Waals surface area contributed by atoms with Crippen LogP contribution in [0.1, 0.15) is 38.5 Å². The number of nitrogens with two attached hydrogens (primary N) is 1. The summed E-state index contributed by atoms with van der Waals surface area (Å²) in [5.74, 6) is 0.131. The quantitative estimate of drug-likeness (QED) is 0.685. The average Bonchev–Trinajstić information content (AvgIpc) is 2.76. The molecule has 0 unspecified atom stereocenters. The number of likely N-dealkylation sites (N-methyl/N-ethyl adjacent to an activating group) is 2. The summed E-state index contributed by atoms with van der Waals surface area (Å²) in [4.78, 5) is 16.4. The summed E-state index contributed by atoms with van der Waals surface area (Å²) in [6, 6.07) is 7.98. The lowest BCUT2D eigenvalue weighted by molar-refractivity contribution is -0.119. The average molecular weight is 289 g/mol. The largest absolute Gasteiger partial charge is 0.399 e. The molecule has 0 aliphatic heterocycles. The Morgan fingerprint density at radius 2 is 1.67 bits per heavy atom. The summed E-state index contributed by atoms with van der Waals surface area (Å²) in [5.41, 5.74) is 7.29. The van der Waals surface area contributed by atoms with Crippen molar-refractivity contribution >= 4 is 17.3 Å². The summed E-state index contributed by atoms with van der Waals surface area (Å²) in [6.07, 6.45) is 7.69. The number of rotatable bonds is 4. The Bertz CT molecular complexity index is 450. The number of carbonyl (C=O) groups is 1. The van der Waals surface area contributed by atoms with Gasteiger partial charge in [-0.15, -0.1) is 0 Å². The van der Waals surface area contributed by atoms with Crippen LogP contribution < -0.4 is 10.6 Å². The number of hydrogen-bond donors (Lipinski definition) is 1. The Morgan fingerprint density at radius 3 is 2.24 bits per heavy atom. The molecule has 4 nitrogen and oxygen atoms in total. The SMILES string of the molecule is CN(C(=O)CN(C)C1CCCCCC1)c1ccc(N)cc1. The minimum absolute atomic E-state index is 0.131. The van der Waals surface area contributed by atoms with Crippen molar-refractivity contribution < 1.29 is 4.79 Å². The van der Waals surface area contributed by atoms with Crippen LogP contribution >= 0.6 is 0 Å². The molecule has 2 rings (SSSR count). The highest BCUT2D eigenvalue weighted by molar-refractivity contribution is 5.94. The van der Waals surface area contributed by atoms with Gasteiger partial charge in [0.1, 0.15) is 0 Å². The lowest BCUT2D eigenvalue weighted by Gasteiger charge is -2.28. The summed E-state index contributed by atoms with van der Waals surface area (Å²) in [6.45, 7) is 0.478. The van der Waals surface area contributed by atoms with E-state index in [0.29, 0.717) is 12.6 Å². The van der Waals surface area contributed by atoms with Crippen LogP contribution in [0.2, 0.25) is 0 Å². The Labute approximate surface area is 127 Å². The predicted octanol–water partition coefficient (Wildman–Crippen LogP) is 2.89. The van der Waals surface area contributed by atoms with E-state index in [9.17, 15) is 4.79 Å². The molecule has 0 atom stereocenters. The van der Waals surface area contributed by atoms with Crippen LogP contribution in [0.25, 0.3) is 0 Å². The van der Waals surface area contributed by atoms with Crippen LogP contribution in [0.4, 0.5) is 11.4 Å². The molecular weight excluding hydrogens is 262 g/mol. The van der Waals surface area contributed by atoms with Crippen molar-refractivity contribution in [1.82, 2.24) is 4.90 Å². The molecule has 0 heterocycles. The molecular formula is C17H27N3O. The molecule has 1 aromatic carbocycles. The van der Waals surface area contributed by atoms with Crippen molar-refractivity contribution in [3.8, 4) is 0 Å². The number of benzene rings is 1. The van der Waals surface area contributed by atoms with Crippen LogP contribution in [0.5, 0.6) is 0 Å². The first-order valence-corrected chi connectivity index (χ1v) is 7.90. The first kappa shape index (κ1) is 15.8. The van der Waals surface area contributed by atoms with Gasteiger partial charge in [0, 0.05) is 24.5 Å². The molecule has 1 aliphatic carbocycles. The van der Waals surface area contributed by atoms with Crippen LogP contribution in [0, 0.1) is 0 Å². The van der Waals surface area contributed by atoms with E-state index in [4.69, 9.17) is 5.73 Å². The fourth-order valence-corrected chi connectivity index (χ4v) is 2.99. The second-order valence-electron chi connectivity index (χ2n) is 6.10. The van der Waals surface area contributed by atoms with Gasteiger partial charge in [-0.3, -0.25) is 9.69 Å². The fraction of sp³-hybridized carbons (Fsp3) is 0.588. The third-order valence-corrected chi connectivity index (χ3v) is 4.49. The van der Waals surface area contributed by atoms with E-state index < -0.39 is 0 Å². The lowest BCUT2D eigenvalue weighted by Crippen LogP contribution is -2.41. The minimum atomic E-state index is 0.131. The second-order valence-corrected chi connectivity index (χ2v) is 6.10. The smallest absolute Gasteiger partial charge is 0.240 e. The van der Waals surface area contributed by atoms with Gasteiger partial charge in [0.2, 0.25) is 5.91 Å². The maximum Gasteiger partial charge on any atom is 0.240 e. The van der Waals surface area contributed by atoms with E-state index in [1.807, 2.05) is 31.3 Å². The molecule has 0 spiro atoms. The van der Waals surface area contributed by atoms with Crippen molar-refractivity contribution in [2.75, 3.05) is 31.3 Å². The van der Waals surface area contributed by atoms with Gasteiger partial charge in [-0.05, 0) is 44.2 Å². The van der Waals surface area contributed by atoms with E-state index in [-0.39, 0.29) is 5.91 Å². The van der Waals surface area contributed by atoms with Crippen molar-refractivity contribution in [2.45, 2.75) is 44.6 Å². The first-order chi connectivity index (χ1) is 10.1. The molecule has 0 saturated heterocycles. The Morgan fingerprint density at radius 1 is 1.10 bits per heavy atom. The molecule has 1 fully saturated rings. The third-order valence-electron chi connectivity index (χ3n) is 4.49. The molecule has 0 aromatic heterocycles. The molecule has 4 heteroatoms. The monoisotopic (exact) mass is 289 g/mol. The van der Waals surface area contributed by atoms with E-state index in [1.54, 1.807) is 4.90 Å². The number of nitrogens with zero attached hydrogens (tertiary/aromatic N) is 2. The van der Waals surface area contributed by atoms with Gasteiger partial charge in [-0.1, -0.05) is 25.7 Å². The van der Waals surface area contributed by atoms with Gasteiger partial charge in [0.15, 0.2) is 0 Å². The summed E-state index contributed by atoms with van der Waals surface area (Å²) < 4.78 is 0. The van der Waals surface area contributed by atoms with Gasteiger partial charge >= 0.3 is 0 Å². The zero-order valence-corrected chi connectivity index (χ0v) is 13.2. The van der Waals surface area contributed by atoms with Gasteiger partial charge in [-0.25, -0.2) is 0 Å². The highest BCUT2D eigenvalue weighted by atomic mass is 16.2. The maximum atomic E-state index is 12.4. The molecule has 1 amide bonds. The zero-order valence-electron chi connectivity index (χ0n) is 13.2. The molecule has 1 saturated carbocycles. The number of anilines is 2. The number of nitrogen functional groups attached to an aromatic ring is 1. The van der Waals surface area contributed by atoms with Gasteiger partial charge in [0.05, 0.1) is 6.54 Å². The van der Waals surface area contributed by atoms with Crippen molar-refractivity contribution in [3.63, 3.8) is 0 Å². The highest BCUT2D eigenvalue weighted by Crippen LogP contribution is 2.21. The molecule has 0 bridgehead atoms. The first-order valence-electron chi connectivity index (χ1n) is 7.90. The summed E-state index contributed by atoms with van der Waals surface area (Å²) >= 11 is 0. The van der Waals surface area contributed by atoms with E-state index in [2.05, 4.69) is 11.9 Å². The molecule has 0 radical (unpaired) electrons. The molecule has 116 valence electrons. The minimum Gasteiger partial charge on any atom is -0.399 e. The number of hydrogen-bond acceptors (Lipinski definition) is 3. The Hall–Kier alpha value is -1.55. The normalized spacial score (nSPS) is 16.7. The highest BCUT2D eigenvalue weighted by Gasteiger charge is 2.20. The van der Waals surface area contributed by atoms with Crippen molar-refractivity contribution in [1.29, 1.82) is 0 Å². The molecule has 1 aromatic rings. The van der Waals surface area contributed by atoms with Crippen LogP contribution in [0.15, 0.2) is 24.3 Å². The van der Waals surface area contributed by atoms with Crippen LogP contribution in [-0.2, 0) is 4.79 Å². The second kappa shape index (κ2) is 7.46. The predicted molar refractivity (Wildman–Crippen MR) is 88.4 cm³/mol. The summed E-state index contributed by atoms with van der Waals surface area (Å²) in [5, 5.41) is 0. The van der Waals surface area contributed by atoms with Crippen molar-refractivity contribution in [3.05, 3.63) is 24.3 Å². The van der Waals surface area contributed by atoms with Gasteiger partial charge < -0.3 is 10.6 Å². The molecule has 21 heavy (non-hydrogen) atoms. The van der Waals surface area contributed by atoms with Gasteiger partial charge in [0.25, 0.3) is 0 Å². The third kappa shape index (κ3) is 4.46. The zero-order chi connectivity index (χ0) is 15.2. The van der Waals surface area contributed by atoms with Crippen LogP contribution in [-0.4, -0.2) is 37.5 Å². The molecule has 2 N–H and O–H groups in total. The van der Waals surface area contributed by atoms with E-state index >= 15 is 0 Å². The lowest BCUT2D eigenvalue weighted by atomic mass is 10.1. The maximum absolute atomic E-state index is 12.4. The Balaban J connectivity index is 1.91. The summed E-state index contributed by atoms with van der Waals surface area (Å²) in [7, 11) is 3.90. The van der Waals surface area contributed by atoms with Crippen molar-refractivity contribution in [2.24, 2.45) is 0 Å². The number of carbonyl (C=O) groups excluding carboxylic acids is 1. The van der Waals surface area contributed by atoms with E-state index in [0.717, 1.165) is 11.4 Å². The Kier molecular flexibility index (Phi) is 5.62. The topological polar surface area (TPSA) is 49.6 Å². The number of amides is 1. The van der Waals surface area contributed by atoms with E-state index in [1.165, 1.54) is 38.5 Å². The molecule has 1 aliphatic rings.